The molecule has 2 aromatic rings. The smallest absolute Gasteiger partial charge is 0.434 e. The van der Waals surface area contributed by atoms with Gasteiger partial charge in [-0.25, -0.2) is 15.2 Å². The Bertz CT molecular complexity index is 786. The Kier molecular flexibility index (Phi) is 3.97. The van der Waals surface area contributed by atoms with Crippen LogP contribution < -0.4 is 5.48 Å². The van der Waals surface area contributed by atoms with E-state index in [1.54, 1.807) is 18.2 Å². The summed E-state index contributed by atoms with van der Waals surface area (Å²) in [6.45, 7) is -0.268. The third kappa shape index (κ3) is 2.83. The van der Waals surface area contributed by atoms with Crippen molar-refractivity contribution in [3.63, 3.8) is 0 Å². The van der Waals surface area contributed by atoms with Crippen molar-refractivity contribution in [3.05, 3.63) is 47.8 Å². The van der Waals surface area contributed by atoms with Gasteiger partial charge in [0.25, 0.3) is 5.91 Å². The minimum absolute atomic E-state index is 0.222. The van der Waals surface area contributed by atoms with Crippen LogP contribution in [0.15, 0.2) is 41.5 Å². The third-order valence-corrected chi connectivity index (χ3v) is 3.33. The Morgan fingerprint density at radius 1 is 1.33 bits per heavy atom. The van der Waals surface area contributed by atoms with E-state index >= 15 is 0 Å². The van der Waals surface area contributed by atoms with Gasteiger partial charge in [0.15, 0.2) is 11.7 Å². The molecule has 126 valence electrons. The number of para-hydroxylation sites is 1. The maximum absolute atomic E-state index is 13.5. The van der Waals surface area contributed by atoms with E-state index in [4.69, 9.17) is 9.94 Å². The van der Waals surface area contributed by atoms with E-state index in [9.17, 15) is 18.0 Å². The van der Waals surface area contributed by atoms with Crippen LogP contribution in [0.25, 0.3) is 5.69 Å². The van der Waals surface area contributed by atoms with Gasteiger partial charge in [-0.3, -0.25) is 10.0 Å². The van der Waals surface area contributed by atoms with Crippen LogP contribution in [-0.2, 0) is 15.7 Å². The predicted octanol–water partition coefficient (Wildman–Crippen LogP) is 1.54. The molecule has 0 saturated carbocycles. The van der Waals surface area contributed by atoms with Crippen LogP contribution in [0.4, 0.5) is 13.2 Å². The summed E-state index contributed by atoms with van der Waals surface area (Å²) in [6.07, 6.45) is -3.74. The fourth-order valence-corrected chi connectivity index (χ4v) is 2.27. The summed E-state index contributed by atoms with van der Waals surface area (Å²) >= 11 is 0. The second-order valence-electron chi connectivity index (χ2n) is 4.89. The summed E-state index contributed by atoms with van der Waals surface area (Å²) in [5, 5.41) is 12.3. The van der Waals surface area contributed by atoms with Crippen molar-refractivity contribution in [1.29, 1.82) is 0 Å². The number of nitrogens with one attached hydrogen (secondary N) is 1. The summed E-state index contributed by atoms with van der Waals surface area (Å²) in [6, 6.07) is 6.68. The Morgan fingerprint density at radius 3 is 2.67 bits per heavy atom. The summed E-state index contributed by atoms with van der Waals surface area (Å²) in [7, 11) is 0. The molecule has 0 aliphatic carbocycles. The quantitative estimate of drug-likeness (QED) is 0.655. The number of nitrogens with zero attached hydrogens (tertiary/aromatic N) is 3. The van der Waals surface area contributed by atoms with Gasteiger partial charge in [0.1, 0.15) is 6.61 Å². The highest BCUT2D eigenvalue weighted by Gasteiger charge is 2.41. The zero-order valence-corrected chi connectivity index (χ0v) is 12.0. The van der Waals surface area contributed by atoms with Crippen molar-refractivity contribution in [1.82, 2.24) is 15.3 Å². The summed E-state index contributed by atoms with van der Waals surface area (Å²) in [5.41, 5.74) is 0.174. The molecule has 24 heavy (non-hydrogen) atoms. The number of hydroxylamine groups is 1. The van der Waals surface area contributed by atoms with E-state index in [0.29, 0.717) is 0 Å². The molecule has 0 saturated heterocycles. The third-order valence-electron chi connectivity index (χ3n) is 3.33. The van der Waals surface area contributed by atoms with Gasteiger partial charge < -0.3 is 4.74 Å². The van der Waals surface area contributed by atoms with Crippen molar-refractivity contribution in [2.75, 3.05) is 6.61 Å². The number of aromatic nitrogens is 2. The van der Waals surface area contributed by atoms with Crippen LogP contribution in [0.5, 0.6) is 0 Å². The average molecular weight is 340 g/mol. The second-order valence-corrected chi connectivity index (χ2v) is 4.89. The molecule has 1 amide bonds. The van der Waals surface area contributed by atoms with Crippen LogP contribution in [0.1, 0.15) is 11.3 Å². The monoisotopic (exact) mass is 340 g/mol. The first-order chi connectivity index (χ1) is 11.4. The molecule has 0 radical (unpaired) electrons. The number of amides is 1. The number of hydrogen-bond acceptors (Lipinski definition) is 5. The number of hydrogen-bond donors (Lipinski definition) is 2. The second kappa shape index (κ2) is 5.96. The SMILES string of the molecule is O=C(NO)[C@H]1COC(c2cnn(-c3ccccc3)c2C(F)(F)F)=N1. The maximum Gasteiger partial charge on any atom is 0.434 e. The van der Waals surface area contributed by atoms with Gasteiger partial charge >= 0.3 is 6.18 Å². The normalized spacial score (nSPS) is 17.3. The molecule has 10 heteroatoms. The van der Waals surface area contributed by atoms with Crippen LogP contribution >= 0.6 is 0 Å². The van der Waals surface area contributed by atoms with Crippen molar-refractivity contribution in [3.8, 4) is 5.69 Å². The number of ether oxygens (including phenoxy) is 1. The first-order valence-corrected chi connectivity index (χ1v) is 6.77. The fraction of sp³-hybridized carbons (Fsp3) is 0.214. The van der Waals surface area contributed by atoms with E-state index in [-0.39, 0.29) is 23.8 Å². The molecular weight excluding hydrogens is 329 g/mol. The molecule has 0 unspecified atom stereocenters. The van der Waals surface area contributed by atoms with Crippen molar-refractivity contribution >= 4 is 11.8 Å². The number of carbonyl (C=O) groups is 1. The number of carbonyl (C=O) groups excluding carboxylic acids is 1. The molecule has 0 fully saturated rings. The van der Waals surface area contributed by atoms with Gasteiger partial charge in [-0.1, -0.05) is 18.2 Å². The highest BCUT2D eigenvalue weighted by Crippen LogP contribution is 2.34. The molecule has 2 heterocycles. The zero-order chi connectivity index (χ0) is 17.3. The highest BCUT2D eigenvalue weighted by molar-refractivity contribution is 5.99. The molecule has 2 N–H and O–H groups in total. The zero-order valence-electron chi connectivity index (χ0n) is 12.0. The Hall–Kier alpha value is -2.88. The van der Waals surface area contributed by atoms with Gasteiger partial charge in [0, 0.05) is 0 Å². The number of benzene rings is 1. The molecule has 1 aliphatic heterocycles. The Labute approximate surface area is 133 Å². The van der Waals surface area contributed by atoms with E-state index in [1.807, 2.05) is 0 Å². The molecular formula is C14H11F3N4O3. The lowest BCUT2D eigenvalue weighted by Gasteiger charge is -2.12. The molecule has 7 nitrogen and oxygen atoms in total. The number of aliphatic imine (C=N–C) groups is 1. The first-order valence-electron chi connectivity index (χ1n) is 6.77. The maximum atomic E-state index is 13.5. The standard InChI is InChI=1S/C14H11F3N4O3/c15-14(16,17)11-9(13-19-10(7-24-13)12(22)20-23)6-18-21(11)8-4-2-1-3-5-8/h1-6,10,23H,7H2,(H,20,22)/t10-/m1/s1. The minimum atomic E-state index is -4.72. The molecule has 1 aromatic heterocycles. The van der Waals surface area contributed by atoms with Gasteiger partial charge in [0.2, 0.25) is 5.90 Å². The summed E-state index contributed by atoms with van der Waals surface area (Å²) in [4.78, 5) is 15.1. The van der Waals surface area contributed by atoms with Crippen LogP contribution in [0.2, 0.25) is 0 Å². The van der Waals surface area contributed by atoms with Crippen molar-refractivity contribution < 1.29 is 27.9 Å². The van der Waals surface area contributed by atoms with E-state index in [0.717, 1.165) is 10.9 Å². The van der Waals surface area contributed by atoms with Gasteiger partial charge in [-0.2, -0.15) is 18.3 Å². The van der Waals surface area contributed by atoms with Gasteiger partial charge in [-0.05, 0) is 12.1 Å². The first kappa shape index (κ1) is 16.0. The van der Waals surface area contributed by atoms with Crippen LogP contribution in [-0.4, -0.2) is 39.4 Å². The Morgan fingerprint density at radius 2 is 2.04 bits per heavy atom. The van der Waals surface area contributed by atoms with Crippen molar-refractivity contribution in [2.45, 2.75) is 12.2 Å². The van der Waals surface area contributed by atoms with E-state index < -0.39 is 23.8 Å². The molecule has 0 spiro atoms. The van der Waals surface area contributed by atoms with E-state index in [2.05, 4.69) is 10.1 Å². The molecule has 0 bridgehead atoms. The van der Waals surface area contributed by atoms with E-state index in [1.165, 1.54) is 17.6 Å². The number of halogens is 3. The molecule has 1 atom stereocenters. The van der Waals surface area contributed by atoms with Crippen LogP contribution in [0, 0.1) is 0 Å². The largest absolute Gasteiger partial charge is 0.475 e. The minimum Gasteiger partial charge on any atom is -0.475 e. The topological polar surface area (TPSA) is 88.7 Å². The van der Waals surface area contributed by atoms with Gasteiger partial charge in [0.05, 0.1) is 17.4 Å². The lowest BCUT2D eigenvalue weighted by molar-refractivity contribution is -0.143. The molecule has 1 aliphatic rings. The Balaban J connectivity index is 2.07. The number of alkyl halides is 3. The average Bonchev–Trinajstić information content (AvgIpc) is 3.21. The molecule has 1 aromatic carbocycles. The molecule has 3 rings (SSSR count). The van der Waals surface area contributed by atoms with Gasteiger partial charge in [-0.15, -0.1) is 0 Å². The van der Waals surface area contributed by atoms with Crippen molar-refractivity contribution in [2.24, 2.45) is 4.99 Å². The lowest BCUT2D eigenvalue weighted by atomic mass is 10.2. The summed E-state index contributed by atoms with van der Waals surface area (Å²) < 4.78 is 46.4. The van der Waals surface area contributed by atoms with Crippen LogP contribution in [0.3, 0.4) is 0 Å². The number of rotatable bonds is 3. The summed E-state index contributed by atoms with van der Waals surface area (Å²) in [5.74, 6) is -1.22. The fourth-order valence-electron chi connectivity index (χ4n) is 2.27. The highest BCUT2D eigenvalue weighted by atomic mass is 19.4. The predicted molar refractivity (Wildman–Crippen MR) is 74.8 cm³/mol. The lowest BCUT2D eigenvalue weighted by Crippen LogP contribution is -2.31.